The summed E-state index contributed by atoms with van der Waals surface area (Å²) in [7, 11) is 1.82. The summed E-state index contributed by atoms with van der Waals surface area (Å²) in [5.41, 5.74) is 1.38. The molecular formula is C10H11N5O2. The Bertz CT molecular complexity index is 537. The predicted octanol–water partition coefficient (Wildman–Crippen LogP) is 1.34. The Kier molecular flexibility index (Phi) is 2.99. The van der Waals surface area contributed by atoms with Crippen molar-refractivity contribution in [2.24, 2.45) is 7.05 Å². The SMILES string of the molecule is Cn1cc(CNc2ccncc2[N+](=O)[O-])cn1. The number of nitrogens with one attached hydrogen (secondary N) is 1. The minimum absolute atomic E-state index is 0.0311. The number of hydrogen-bond acceptors (Lipinski definition) is 5. The third kappa shape index (κ3) is 2.57. The Balaban J connectivity index is 2.11. The number of pyridine rings is 1. The highest BCUT2D eigenvalue weighted by molar-refractivity contribution is 5.59. The Morgan fingerprint density at radius 2 is 2.35 bits per heavy atom. The molecule has 0 aliphatic heterocycles. The van der Waals surface area contributed by atoms with Crippen molar-refractivity contribution in [3.63, 3.8) is 0 Å². The fraction of sp³-hybridized carbons (Fsp3) is 0.200. The summed E-state index contributed by atoms with van der Waals surface area (Å²) in [6.07, 6.45) is 6.30. The quantitative estimate of drug-likeness (QED) is 0.636. The van der Waals surface area contributed by atoms with Gasteiger partial charge in [-0.1, -0.05) is 0 Å². The Labute approximate surface area is 97.2 Å². The number of nitro groups is 1. The molecule has 0 aliphatic carbocycles. The lowest BCUT2D eigenvalue weighted by atomic mass is 10.3. The minimum Gasteiger partial charge on any atom is -0.375 e. The van der Waals surface area contributed by atoms with E-state index in [-0.39, 0.29) is 5.69 Å². The Hall–Kier alpha value is -2.44. The van der Waals surface area contributed by atoms with Crippen LogP contribution in [0.2, 0.25) is 0 Å². The van der Waals surface area contributed by atoms with Gasteiger partial charge in [-0.2, -0.15) is 5.10 Å². The summed E-state index contributed by atoms with van der Waals surface area (Å²) in [6.45, 7) is 0.485. The molecule has 7 nitrogen and oxygen atoms in total. The van der Waals surface area contributed by atoms with Crippen LogP contribution in [0.3, 0.4) is 0 Å². The zero-order chi connectivity index (χ0) is 12.3. The zero-order valence-electron chi connectivity index (χ0n) is 9.20. The Morgan fingerprint density at radius 1 is 1.53 bits per heavy atom. The number of anilines is 1. The molecule has 7 heteroatoms. The van der Waals surface area contributed by atoms with E-state index in [1.54, 1.807) is 16.9 Å². The van der Waals surface area contributed by atoms with Crippen molar-refractivity contribution < 1.29 is 4.92 Å². The van der Waals surface area contributed by atoms with Gasteiger partial charge in [-0.3, -0.25) is 19.8 Å². The molecule has 0 aromatic carbocycles. The summed E-state index contributed by atoms with van der Waals surface area (Å²) in [5.74, 6) is 0. The number of aryl methyl sites for hydroxylation is 1. The normalized spacial score (nSPS) is 10.2. The van der Waals surface area contributed by atoms with Crippen LogP contribution in [0.5, 0.6) is 0 Å². The summed E-state index contributed by atoms with van der Waals surface area (Å²) < 4.78 is 1.68. The smallest absolute Gasteiger partial charge is 0.310 e. The molecule has 2 heterocycles. The molecule has 0 spiro atoms. The maximum absolute atomic E-state index is 10.7. The first-order chi connectivity index (χ1) is 8.16. The van der Waals surface area contributed by atoms with Gasteiger partial charge in [-0.25, -0.2) is 0 Å². The van der Waals surface area contributed by atoms with Crippen molar-refractivity contribution in [2.45, 2.75) is 6.54 Å². The molecule has 0 amide bonds. The van der Waals surface area contributed by atoms with E-state index in [4.69, 9.17) is 0 Å². The third-order valence-electron chi connectivity index (χ3n) is 2.24. The highest BCUT2D eigenvalue weighted by Gasteiger charge is 2.12. The fourth-order valence-electron chi connectivity index (χ4n) is 1.44. The van der Waals surface area contributed by atoms with Crippen LogP contribution in [0.1, 0.15) is 5.56 Å². The molecule has 0 saturated heterocycles. The first kappa shape index (κ1) is 11.1. The summed E-state index contributed by atoms with van der Waals surface area (Å²) >= 11 is 0. The number of nitrogens with zero attached hydrogens (tertiary/aromatic N) is 4. The molecule has 1 N–H and O–H groups in total. The molecule has 88 valence electrons. The highest BCUT2D eigenvalue weighted by Crippen LogP contribution is 2.22. The first-order valence-corrected chi connectivity index (χ1v) is 4.96. The summed E-state index contributed by atoms with van der Waals surface area (Å²) in [5, 5.41) is 17.8. The van der Waals surface area contributed by atoms with Gasteiger partial charge in [0.25, 0.3) is 0 Å². The number of hydrogen-bond donors (Lipinski definition) is 1. The van der Waals surface area contributed by atoms with Crippen LogP contribution in [0.15, 0.2) is 30.9 Å². The van der Waals surface area contributed by atoms with Crippen LogP contribution in [-0.4, -0.2) is 19.7 Å². The molecule has 0 radical (unpaired) electrons. The summed E-state index contributed by atoms with van der Waals surface area (Å²) in [4.78, 5) is 14.0. The van der Waals surface area contributed by atoms with Gasteiger partial charge in [0.2, 0.25) is 0 Å². The monoisotopic (exact) mass is 233 g/mol. The molecule has 0 fully saturated rings. The van der Waals surface area contributed by atoms with E-state index in [1.165, 1.54) is 12.4 Å². The van der Waals surface area contributed by atoms with Gasteiger partial charge in [0, 0.05) is 31.5 Å². The molecule has 0 saturated carbocycles. The standard InChI is InChI=1S/C10H11N5O2/c1-14-7-8(5-13-14)4-12-9-2-3-11-6-10(9)15(16)17/h2-3,5-7H,4H2,1H3,(H,11,12). The van der Waals surface area contributed by atoms with E-state index in [0.717, 1.165) is 5.56 Å². The van der Waals surface area contributed by atoms with E-state index < -0.39 is 4.92 Å². The minimum atomic E-state index is -0.460. The first-order valence-electron chi connectivity index (χ1n) is 4.96. The summed E-state index contributed by atoms with van der Waals surface area (Å²) in [6, 6.07) is 1.58. The van der Waals surface area contributed by atoms with E-state index in [0.29, 0.717) is 12.2 Å². The van der Waals surface area contributed by atoms with Crippen molar-refractivity contribution in [1.82, 2.24) is 14.8 Å². The molecule has 2 aromatic heterocycles. The van der Waals surface area contributed by atoms with Gasteiger partial charge in [-0.15, -0.1) is 0 Å². The van der Waals surface area contributed by atoms with Crippen LogP contribution < -0.4 is 5.32 Å². The van der Waals surface area contributed by atoms with Crippen LogP contribution in [0.25, 0.3) is 0 Å². The molecule has 0 atom stereocenters. The maximum atomic E-state index is 10.7. The lowest BCUT2D eigenvalue weighted by molar-refractivity contribution is -0.384. The van der Waals surface area contributed by atoms with E-state index in [9.17, 15) is 10.1 Å². The largest absolute Gasteiger partial charge is 0.375 e. The molecule has 17 heavy (non-hydrogen) atoms. The van der Waals surface area contributed by atoms with Crippen molar-refractivity contribution in [3.8, 4) is 0 Å². The van der Waals surface area contributed by atoms with Crippen molar-refractivity contribution >= 4 is 11.4 Å². The van der Waals surface area contributed by atoms with Crippen LogP contribution in [0, 0.1) is 10.1 Å². The second-order valence-corrected chi connectivity index (χ2v) is 3.53. The van der Waals surface area contributed by atoms with Gasteiger partial charge in [-0.05, 0) is 6.07 Å². The van der Waals surface area contributed by atoms with Crippen molar-refractivity contribution in [3.05, 3.63) is 46.5 Å². The average Bonchev–Trinajstić information content (AvgIpc) is 2.73. The van der Waals surface area contributed by atoms with E-state index >= 15 is 0 Å². The van der Waals surface area contributed by atoms with Crippen LogP contribution in [0.4, 0.5) is 11.4 Å². The van der Waals surface area contributed by atoms with Crippen LogP contribution in [-0.2, 0) is 13.6 Å². The highest BCUT2D eigenvalue weighted by atomic mass is 16.6. The molecule has 0 aliphatic rings. The topological polar surface area (TPSA) is 85.9 Å². The second-order valence-electron chi connectivity index (χ2n) is 3.53. The lowest BCUT2D eigenvalue weighted by Crippen LogP contribution is -2.02. The molecular weight excluding hydrogens is 222 g/mol. The van der Waals surface area contributed by atoms with E-state index in [2.05, 4.69) is 15.4 Å². The third-order valence-corrected chi connectivity index (χ3v) is 2.24. The number of rotatable bonds is 4. The van der Waals surface area contributed by atoms with Crippen molar-refractivity contribution in [2.75, 3.05) is 5.32 Å². The molecule has 2 rings (SSSR count). The van der Waals surface area contributed by atoms with Gasteiger partial charge >= 0.3 is 5.69 Å². The van der Waals surface area contributed by atoms with Crippen molar-refractivity contribution in [1.29, 1.82) is 0 Å². The molecule has 0 unspecified atom stereocenters. The average molecular weight is 233 g/mol. The lowest BCUT2D eigenvalue weighted by Gasteiger charge is -2.04. The zero-order valence-corrected chi connectivity index (χ0v) is 9.20. The van der Waals surface area contributed by atoms with Crippen LogP contribution >= 0.6 is 0 Å². The van der Waals surface area contributed by atoms with Gasteiger partial charge in [0.1, 0.15) is 11.9 Å². The maximum Gasteiger partial charge on any atom is 0.310 e. The van der Waals surface area contributed by atoms with Gasteiger partial charge in [0.15, 0.2) is 0 Å². The molecule has 0 bridgehead atoms. The Morgan fingerprint density at radius 3 is 3.00 bits per heavy atom. The van der Waals surface area contributed by atoms with E-state index in [1.807, 2.05) is 13.2 Å². The molecule has 2 aromatic rings. The number of aromatic nitrogens is 3. The fourth-order valence-corrected chi connectivity index (χ4v) is 1.44. The second kappa shape index (κ2) is 4.60. The predicted molar refractivity (Wildman–Crippen MR) is 61.4 cm³/mol. The van der Waals surface area contributed by atoms with Gasteiger partial charge in [0.05, 0.1) is 11.1 Å². The van der Waals surface area contributed by atoms with Gasteiger partial charge < -0.3 is 5.32 Å².